The Balaban J connectivity index is 1.93. The van der Waals surface area contributed by atoms with Crippen LogP contribution in [0.4, 0.5) is 0 Å². The number of ether oxygens (including phenoxy) is 1. The van der Waals surface area contributed by atoms with Crippen molar-refractivity contribution in [2.24, 2.45) is 5.92 Å². The molecule has 1 saturated carbocycles. The van der Waals surface area contributed by atoms with Crippen molar-refractivity contribution >= 4 is 0 Å². The van der Waals surface area contributed by atoms with Gasteiger partial charge in [0.05, 0.1) is 6.61 Å². The predicted octanol–water partition coefficient (Wildman–Crippen LogP) is 1.80. The standard InChI is InChI=1S/C10H21NO/c1-3-12-7-6-11-10-5-4-9(2)8-10/h9-11H,3-8H2,1-2H3/t9-,10-/m0/s1. The maximum atomic E-state index is 5.26. The van der Waals surface area contributed by atoms with Gasteiger partial charge in [-0.05, 0) is 32.1 Å². The Kier molecular flexibility index (Phi) is 4.62. The zero-order chi connectivity index (χ0) is 8.81. The molecule has 2 nitrogen and oxygen atoms in total. The van der Waals surface area contributed by atoms with E-state index < -0.39 is 0 Å². The zero-order valence-corrected chi connectivity index (χ0v) is 8.31. The largest absolute Gasteiger partial charge is 0.380 e. The molecule has 1 aliphatic carbocycles. The first-order valence-corrected chi connectivity index (χ1v) is 5.14. The van der Waals surface area contributed by atoms with Crippen LogP contribution in [0.3, 0.4) is 0 Å². The minimum Gasteiger partial charge on any atom is -0.380 e. The number of hydrogen-bond donors (Lipinski definition) is 1. The zero-order valence-electron chi connectivity index (χ0n) is 8.31. The molecule has 1 aliphatic rings. The molecule has 1 rings (SSSR count). The maximum Gasteiger partial charge on any atom is 0.0590 e. The smallest absolute Gasteiger partial charge is 0.0590 e. The summed E-state index contributed by atoms with van der Waals surface area (Å²) in [5.41, 5.74) is 0. The van der Waals surface area contributed by atoms with Gasteiger partial charge in [-0.2, -0.15) is 0 Å². The number of nitrogens with one attached hydrogen (secondary N) is 1. The lowest BCUT2D eigenvalue weighted by Gasteiger charge is -2.11. The molecule has 12 heavy (non-hydrogen) atoms. The minimum atomic E-state index is 0.764. The highest BCUT2D eigenvalue weighted by Gasteiger charge is 2.19. The van der Waals surface area contributed by atoms with Gasteiger partial charge in [0.25, 0.3) is 0 Å². The highest BCUT2D eigenvalue weighted by molar-refractivity contribution is 4.77. The van der Waals surface area contributed by atoms with Crippen molar-refractivity contribution < 1.29 is 4.74 Å². The van der Waals surface area contributed by atoms with Gasteiger partial charge < -0.3 is 10.1 Å². The molecule has 1 fully saturated rings. The van der Waals surface area contributed by atoms with E-state index in [1.165, 1.54) is 19.3 Å². The molecule has 0 unspecified atom stereocenters. The van der Waals surface area contributed by atoms with E-state index in [1.807, 2.05) is 6.92 Å². The van der Waals surface area contributed by atoms with Crippen molar-refractivity contribution in [3.63, 3.8) is 0 Å². The molecule has 0 aromatic heterocycles. The second-order valence-corrected chi connectivity index (χ2v) is 3.77. The fourth-order valence-electron chi connectivity index (χ4n) is 1.87. The van der Waals surface area contributed by atoms with Gasteiger partial charge in [0, 0.05) is 19.2 Å². The summed E-state index contributed by atoms with van der Waals surface area (Å²) in [6.45, 7) is 7.09. The normalized spacial score (nSPS) is 29.5. The van der Waals surface area contributed by atoms with Gasteiger partial charge in [0.1, 0.15) is 0 Å². The van der Waals surface area contributed by atoms with E-state index in [1.54, 1.807) is 0 Å². The van der Waals surface area contributed by atoms with Crippen molar-refractivity contribution in [3.05, 3.63) is 0 Å². The summed E-state index contributed by atoms with van der Waals surface area (Å²) < 4.78 is 5.26. The quantitative estimate of drug-likeness (QED) is 0.637. The summed E-state index contributed by atoms with van der Waals surface area (Å²) >= 11 is 0. The van der Waals surface area contributed by atoms with Crippen molar-refractivity contribution in [3.8, 4) is 0 Å². The van der Waals surface area contributed by atoms with Crippen molar-refractivity contribution in [2.75, 3.05) is 19.8 Å². The van der Waals surface area contributed by atoms with E-state index in [2.05, 4.69) is 12.2 Å². The Labute approximate surface area is 75.7 Å². The summed E-state index contributed by atoms with van der Waals surface area (Å²) in [4.78, 5) is 0. The van der Waals surface area contributed by atoms with Gasteiger partial charge in [-0.25, -0.2) is 0 Å². The first kappa shape index (κ1) is 10.0. The average molecular weight is 171 g/mol. The van der Waals surface area contributed by atoms with Crippen LogP contribution in [0.2, 0.25) is 0 Å². The van der Waals surface area contributed by atoms with Crippen LogP contribution in [0.15, 0.2) is 0 Å². The Morgan fingerprint density at radius 1 is 1.42 bits per heavy atom. The first-order chi connectivity index (χ1) is 5.83. The topological polar surface area (TPSA) is 21.3 Å². The van der Waals surface area contributed by atoms with Gasteiger partial charge in [-0.3, -0.25) is 0 Å². The van der Waals surface area contributed by atoms with E-state index in [0.717, 1.165) is 31.7 Å². The molecule has 0 amide bonds. The Morgan fingerprint density at radius 3 is 2.83 bits per heavy atom. The summed E-state index contributed by atoms with van der Waals surface area (Å²) in [5, 5.41) is 3.52. The second kappa shape index (κ2) is 5.55. The molecular weight excluding hydrogens is 150 g/mol. The highest BCUT2D eigenvalue weighted by Crippen LogP contribution is 2.24. The minimum absolute atomic E-state index is 0.764. The van der Waals surface area contributed by atoms with Crippen LogP contribution < -0.4 is 5.32 Å². The fourth-order valence-corrected chi connectivity index (χ4v) is 1.87. The van der Waals surface area contributed by atoms with Crippen LogP contribution in [-0.2, 0) is 4.74 Å². The van der Waals surface area contributed by atoms with Crippen LogP contribution in [-0.4, -0.2) is 25.8 Å². The Morgan fingerprint density at radius 2 is 2.25 bits per heavy atom. The summed E-state index contributed by atoms with van der Waals surface area (Å²) in [6, 6.07) is 0.764. The van der Waals surface area contributed by atoms with Crippen LogP contribution in [0.25, 0.3) is 0 Å². The molecule has 0 aliphatic heterocycles. The summed E-state index contributed by atoms with van der Waals surface area (Å²) in [7, 11) is 0. The van der Waals surface area contributed by atoms with Gasteiger partial charge >= 0.3 is 0 Å². The fraction of sp³-hybridized carbons (Fsp3) is 1.00. The van der Waals surface area contributed by atoms with E-state index in [4.69, 9.17) is 4.74 Å². The van der Waals surface area contributed by atoms with Crippen LogP contribution in [0.1, 0.15) is 33.1 Å². The molecule has 0 aromatic rings. The second-order valence-electron chi connectivity index (χ2n) is 3.77. The summed E-state index contributed by atoms with van der Waals surface area (Å²) in [5.74, 6) is 0.926. The van der Waals surface area contributed by atoms with Gasteiger partial charge in [0.2, 0.25) is 0 Å². The lowest BCUT2D eigenvalue weighted by molar-refractivity contribution is 0.147. The van der Waals surface area contributed by atoms with Crippen LogP contribution in [0, 0.1) is 5.92 Å². The SMILES string of the molecule is CCOCCN[C@H]1CC[C@H](C)C1. The molecule has 0 aromatic carbocycles. The van der Waals surface area contributed by atoms with Gasteiger partial charge in [-0.15, -0.1) is 0 Å². The van der Waals surface area contributed by atoms with Crippen LogP contribution in [0.5, 0.6) is 0 Å². The van der Waals surface area contributed by atoms with E-state index in [0.29, 0.717) is 0 Å². The van der Waals surface area contributed by atoms with Crippen molar-refractivity contribution in [2.45, 2.75) is 39.2 Å². The first-order valence-electron chi connectivity index (χ1n) is 5.14. The highest BCUT2D eigenvalue weighted by atomic mass is 16.5. The maximum absolute atomic E-state index is 5.26. The third kappa shape index (κ3) is 3.55. The van der Waals surface area contributed by atoms with Gasteiger partial charge in [0.15, 0.2) is 0 Å². The average Bonchev–Trinajstić information content (AvgIpc) is 2.45. The molecule has 2 heteroatoms. The Bertz CT molecular complexity index is 116. The molecule has 2 atom stereocenters. The van der Waals surface area contributed by atoms with Gasteiger partial charge in [-0.1, -0.05) is 6.92 Å². The summed E-state index contributed by atoms with van der Waals surface area (Å²) in [6.07, 6.45) is 4.10. The van der Waals surface area contributed by atoms with Crippen molar-refractivity contribution in [1.29, 1.82) is 0 Å². The number of rotatable bonds is 5. The molecule has 0 saturated heterocycles. The van der Waals surface area contributed by atoms with Crippen molar-refractivity contribution in [1.82, 2.24) is 5.32 Å². The molecular formula is C10H21NO. The molecule has 1 N–H and O–H groups in total. The lowest BCUT2D eigenvalue weighted by atomic mass is 10.1. The molecule has 72 valence electrons. The third-order valence-corrected chi connectivity index (χ3v) is 2.58. The van der Waals surface area contributed by atoms with Crippen LogP contribution >= 0.6 is 0 Å². The molecule has 0 heterocycles. The third-order valence-electron chi connectivity index (χ3n) is 2.58. The molecule has 0 bridgehead atoms. The molecule has 0 spiro atoms. The Hall–Kier alpha value is -0.0800. The predicted molar refractivity (Wildman–Crippen MR) is 51.3 cm³/mol. The van der Waals surface area contributed by atoms with E-state index in [9.17, 15) is 0 Å². The monoisotopic (exact) mass is 171 g/mol. The van der Waals surface area contributed by atoms with E-state index >= 15 is 0 Å². The molecule has 0 radical (unpaired) electrons. The number of hydrogen-bond acceptors (Lipinski definition) is 2. The lowest BCUT2D eigenvalue weighted by Crippen LogP contribution is -2.29. The van der Waals surface area contributed by atoms with E-state index in [-0.39, 0.29) is 0 Å².